The van der Waals surface area contributed by atoms with Crippen LogP contribution in [0.4, 0.5) is 5.69 Å². The van der Waals surface area contributed by atoms with Crippen LogP contribution in [-0.2, 0) is 9.47 Å². The normalized spacial score (nSPS) is 10.2. The van der Waals surface area contributed by atoms with Gasteiger partial charge in [0, 0.05) is 17.7 Å². The highest BCUT2D eigenvalue weighted by atomic mass is 16.6. The van der Waals surface area contributed by atoms with Crippen LogP contribution in [-0.4, -0.2) is 31.1 Å². The maximum Gasteiger partial charge on any atom is 0.342 e. The zero-order chi connectivity index (χ0) is 17.1. The summed E-state index contributed by atoms with van der Waals surface area (Å²) in [4.78, 5) is 34.1. The molecule has 0 spiro atoms. The van der Waals surface area contributed by atoms with Crippen molar-refractivity contribution in [1.29, 1.82) is 0 Å². The maximum atomic E-state index is 12.0. The summed E-state index contributed by atoms with van der Waals surface area (Å²) in [6.45, 7) is 1.51. The first kappa shape index (κ1) is 16.2. The van der Waals surface area contributed by atoms with Gasteiger partial charge >= 0.3 is 11.9 Å². The van der Waals surface area contributed by atoms with Gasteiger partial charge in [-0.1, -0.05) is 0 Å². The van der Waals surface area contributed by atoms with Gasteiger partial charge in [-0.3, -0.25) is 10.1 Å². The Kier molecular flexibility index (Phi) is 4.44. The van der Waals surface area contributed by atoms with E-state index in [0.717, 1.165) is 0 Å². The van der Waals surface area contributed by atoms with Gasteiger partial charge in [0.2, 0.25) is 0 Å². The molecule has 1 heterocycles. The summed E-state index contributed by atoms with van der Waals surface area (Å²) in [6, 6.07) is 5.38. The van der Waals surface area contributed by atoms with Crippen LogP contribution in [0.3, 0.4) is 0 Å². The predicted octanol–water partition coefficient (Wildman–Crippen LogP) is 2.74. The first-order valence-electron chi connectivity index (χ1n) is 6.45. The van der Waals surface area contributed by atoms with E-state index in [4.69, 9.17) is 9.15 Å². The van der Waals surface area contributed by atoms with E-state index < -0.39 is 16.9 Å². The molecule has 0 aliphatic heterocycles. The first-order valence-corrected chi connectivity index (χ1v) is 6.45. The van der Waals surface area contributed by atoms with Crippen molar-refractivity contribution in [3.8, 4) is 11.3 Å². The second-order valence-electron chi connectivity index (χ2n) is 4.52. The molecule has 0 saturated carbocycles. The van der Waals surface area contributed by atoms with E-state index in [1.54, 1.807) is 0 Å². The Morgan fingerprint density at radius 2 is 1.57 bits per heavy atom. The number of hydrogen-bond acceptors (Lipinski definition) is 7. The molecule has 0 amide bonds. The van der Waals surface area contributed by atoms with Gasteiger partial charge in [0.05, 0.1) is 19.1 Å². The molecule has 0 atom stereocenters. The Morgan fingerprint density at radius 3 is 2.04 bits per heavy atom. The second-order valence-corrected chi connectivity index (χ2v) is 4.52. The Morgan fingerprint density at radius 1 is 1.04 bits per heavy atom. The highest BCUT2D eigenvalue weighted by molar-refractivity contribution is 6.07. The zero-order valence-electron chi connectivity index (χ0n) is 12.6. The molecule has 2 rings (SSSR count). The van der Waals surface area contributed by atoms with Crippen molar-refractivity contribution in [2.75, 3.05) is 14.2 Å². The van der Waals surface area contributed by atoms with Crippen molar-refractivity contribution in [2.45, 2.75) is 6.92 Å². The summed E-state index contributed by atoms with van der Waals surface area (Å²) < 4.78 is 14.9. The van der Waals surface area contributed by atoms with Crippen LogP contribution >= 0.6 is 0 Å². The number of carbonyl (C=O) groups is 2. The fourth-order valence-electron chi connectivity index (χ4n) is 2.13. The van der Waals surface area contributed by atoms with Crippen molar-refractivity contribution in [3.63, 3.8) is 0 Å². The van der Waals surface area contributed by atoms with Gasteiger partial charge in [0.15, 0.2) is 0 Å². The number of nitro groups is 1. The number of nitrogens with zero attached hydrogens (tertiary/aromatic N) is 1. The van der Waals surface area contributed by atoms with Gasteiger partial charge in [-0.2, -0.15) is 0 Å². The molecule has 0 N–H and O–H groups in total. The molecular weight excluding hydrogens is 306 g/mol. The Bertz CT molecular complexity index is 774. The third-order valence-corrected chi connectivity index (χ3v) is 3.20. The van der Waals surface area contributed by atoms with E-state index in [2.05, 4.69) is 4.74 Å². The molecule has 0 aliphatic rings. The fourth-order valence-corrected chi connectivity index (χ4v) is 2.13. The number of furan rings is 1. The number of non-ortho nitro benzene ring substituents is 1. The maximum absolute atomic E-state index is 12.0. The zero-order valence-corrected chi connectivity index (χ0v) is 12.6. The number of ether oxygens (including phenoxy) is 2. The summed E-state index contributed by atoms with van der Waals surface area (Å²) in [5.74, 6) is -1.23. The van der Waals surface area contributed by atoms with Gasteiger partial charge in [-0.15, -0.1) is 0 Å². The number of methoxy groups -OCH3 is 2. The summed E-state index contributed by atoms with van der Waals surface area (Å²) in [5.41, 5.74) is 0.178. The number of benzene rings is 1. The molecule has 2 aromatic rings. The largest absolute Gasteiger partial charge is 0.465 e. The average Bonchev–Trinajstić information content (AvgIpc) is 2.90. The van der Waals surface area contributed by atoms with Crippen molar-refractivity contribution in [2.24, 2.45) is 0 Å². The smallest absolute Gasteiger partial charge is 0.342 e. The van der Waals surface area contributed by atoms with Gasteiger partial charge in [0.25, 0.3) is 5.69 Å². The highest BCUT2D eigenvalue weighted by Crippen LogP contribution is 2.33. The number of aryl methyl sites for hydroxylation is 1. The van der Waals surface area contributed by atoms with Crippen LogP contribution in [0.15, 0.2) is 28.7 Å². The average molecular weight is 319 g/mol. The molecule has 0 saturated heterocycles. The predicted molar refractivity (Wildman–Crippen MR) is 78.2 cm³/mol. The van der Waals surface area contributed by atoms with Gasteiger partial charge in [0.1, 0.15) is 22.6 Å². The molecule has 1 aromatic carbocycles. The molecule has 1 aromatic heterocycles. The summed E-state index contributed by atoms with van der Waals surface area (Å²) in [5, 5.41) is 10.7. The molecule has 0 unspecified atom stereocenters. The molecular formula is C15H13NO7. The van der Waals surface area contributed by atoms with E-state index in [1.165, 1.54) is 45.4 Å². The molecule has 23 heavy (non-hydrogen) atoms. The standard InChI is InChI=1S/C15H13NO7/c1-8-11(14(17)21-2)12(15(18)22-3)13(23-8)9-4-6-10(7-5-9)16(19)20/h4-7H,1-3H3. The van der Waals surface area contributed by atoms with Crippen LogP contribution in [0, 0.1) is 17.0 Å². The summed E-state index contributed by atoms with van der Waals surface area (Å²) in [7, 11) is 2.35. The van der Waals surface area contributed by atoms with Gasteiger partial charge < -0.3 is 13.9 Å². The molecule has 8 heteroatoms. The third-order valence-electron chi connectivity index (χ3n) is 3.20. The Balaban J connectivity index is 2.64. The minimum Gasteiger partial charge on any atom is -0.465 e. The summed E-state index contributed by atoms with van der Waals surface area (Å²) in [6.07, 6.45) is 0. The van der Waals surface area contributed by atoms with E-state index in [0.29, 0.717) is 5.56 Å². The summed E-state index contributed by atoms with van der Waals surface area (Å²) >= 11 is 0. The number of esters is 2. The van der Waals surface area contributed by atoms with Crippen LogP contribution in [0.25, 0.3) is 11.3 Å². The molecule has 0 aliphatic carbocycles. The van der Waals surface area contributed by atoms with Crippen LogP contribution in [0.5, 0.6) is 0 Å². The highest BCUT2D eigenvalue weighted by Gasteiger charge is 2.30. The van der Waals surface area contributed by atoms with Crippen LogP contribution < -0.4 is 0 Å². The topological polar surface area (TPSA) is 109 Å². The minimum atomic E-state index is -0.768. The van der Waals surface area contributed by atoms with Gasteiger partial charge in [-0.05, 0) is 19.1 Å². The van der Waals surface area contributed by atoms with E-state index in [9.17, 15) is 19.7 Å². The van der Waals surface area contributed by atoms with E-state index >= 15 is 0 Å². The second kappa shape index (κ2) is 6.30. The van der Waals surface area contributed by atoms with E-state index in [-0.39, 0.29) is 28.3 Å². The lowest BCUT2D eigenvalue weighted by molar-refractivity contribution is -0.384. The van der Waals surface area contributed by atoms with Crippen LogP contribution in [0.2, 0.25) is 0 Å². The number of nitro benzene ring substituents is 1. The Labute approximate surface area is 130 Å². The Hall–Kier alpha value is -3.16. The lowest BCUT2D eigenvalue weighted by Gasteiger charge is -2.03. The molecule has 0 radical (unpaired) electrons. The van der Waals surface area contributed by atoms with Gasteiger partial charge in [-0.25, -0.2) is 9.59 Å². The quantitative estimate of drug-likeness (QED) is 0.484. The first-order chi connectivity index (χ1) is 10.9. The lowest BCUT2D eigenvalue weighted by atomic mass is 10.0. The van der Waals surface area contributed by atoms with Crippen molar-refractivity contribution in [3.05, 3.63) is 51.3 Å². The SMILES string of the molecule is COC(=O)c1c(C)oc(-c2ccc([N+](=O)[O-])cc2)c1C(=O)OC. The number of hydrogen-bond donors (Lipinski definition) is 0. The number of carbonyl (C=O) groups excluding carboxylic acids is 2. The number of rotatable bonds is 4. The molecule has 8 nitrogen and oxygen atoms in total. The van der Waals surface area contributed by atoms with Crippen molar-refractivity contribution >= 4 is 17.6 Å². The molecule has 0 fully saturated rings. The molecule has 120 valence electrons. The third kappa shape index (κ3) is 2.91. The van der Waals surface area contributed by atoms with Crippen molar-refractivity contribution < 1.29 is 28.4 Å². The lowest BCUT2D eigenvalue weighted by Crippen LogP contribution is -2.11. The molecule has 0 bridgehead atoms. The monoisotopic (exact) mass is 319 g/mol. The van der Waals surface area contributed by atoms with Crippen LogP contribution in [0.1, 0.15) is 26.5 Å². The van der Waals surface area contributed by atoms with Crippen molar-refractivity contribution in [1.82, 2.24) is 0 Å². The van der Waals surface area contributed by atoms with E-state index in [1.807, 2.05) is 0 Å². The minimum absolute atomic E-state index is 0.0345. The fraction of sp³-hybridized carbons (Fsp3) is 0.200.